The molecule has 1 amide bonds. The highest BCUT2D eigenvalue weighted by molar-refractivity contribution is 9.10. The van der Waals surface area contributed by atoms with Gasteiger partial charge in [-0.15, -0.1) is 0 Å². The molecule has 0 bridgehead atoms. The molecule has 94 valence electrons. The van der Waals surface area contributed by atoms with Crippen LogP contribution in [-0.2, 0) is 11.3 Å². The summed E-state index contributed by atoms with van der Waals surface area (Å²) in [6.45, 7) is 4.14. The minimum Gasteiger partial charge on any atom is -0.324 e. The number of hydrogen-bond acceptors (Lipinski definition) is 3. The zero-order valence-electron chi connectivity index (χ0n) is 10.1. The summed E-state index contributed by atoms with van der Waals surface area (Å²) in [5, 5.41) is 6.72. The Hall–Kier alpha value is -1.69. The number of halogens is 1. The van der Waals surface area contributed by atoms with E-state index < -0.39 is 0 Å². The standard InChI is InChI=1S/C12H13BrN4O/c1-8-3-10(4-9(2)12(8)13)16-11(18)5-17-7-14-6-15-17/h3-4,6-7H,5H2,1-2H3,(H,16,18). The molecule has 1 aromatic heterocycles. The van der Waals surface area contributed by atoms with Crippen LogP contribution in [0.1, 0.15) is 11.1 Å². The summed E-state index contributed by atoms with van der Waals surface area (Å²) in [6, 6.07) is 3.85. The van der Waals surface area contributed by atoms with Crippen LogP contribution in [0.5, 0.6) is 0 Å². The van der Waals surface area contributed by atoms with Gasteiger partial charge in [-0.25, -0.2) is 9.67 Å². The number of aromatic nitrogens is 3. The fraction of sp³-hybridized carbons (Fsp3) is 0.250. The Morgan fingerprint density at radius 1 is 1.39 bits per heavy atom. The SMILES string of the molecule is Cc1cc(NC(=O)Cn2cncn2)cc(C)c1Br. The van der Waals surface area contributed by atoms with Crippen molar-refractivity contribution in [2.75, 3.05) is 5.32 Å². The number of anilines is 1. The van der Waals surface area contributed by atoms with E-state index in [1.807, 2.05) is 26.0 Å². The molecule has 0 saturated carbocycles. The molecule has 0 spiro atoms. The van der Waals surface area contributed by atoms with E-state index >= 15 is 0 Å². The smallest absolute Gasteiger partial charge is 0.246 e. The lowest BCUT2D eigenvalue weighted by Gasteiger charge is -2.09. The summed E-state index contributed by atoms with van der Waals surface area (Å²) >= 11 is 3.49. The molecule has 6 heteroatoms. The lowest BCUT2D eigenvalue weighted by atomic mass is 10.1. The van der Waals surface area contributed by atoms with Gasteiger partial charge in [0.25, 0.3) is 0 Å². The molecule has 0 fully saturated rings. The van der Waals surface area contributed by atoms with Crippen molar-refractivity contribution in [2.45, 2.75) is 20.4 Å². The molecule has 2 rings (SSSR count). The molecular formula is C12H13BrN4O. The normalized spacial score (nSPS) is 10.4. The topological polar surface area (TPSA) is 59.8 Å². The second-order valence-electron chi connectivity index (χ2n) is 4.07. The maximum atomic E-state index is 11.8. The zero-order chi connectivity index (χ0) is 13.1. The van der Waals surface area contributed by atoms with Crippen LogP contribution in [0.2, 0.25) is 0 Å². The van der Waals surface area contributed by atoms with Crippen molar-refractivity contribution in [2.24, 2.45) is 0 Å². The molecule has 0 radical (unpaired) electrons. The lowest BCUT2D eigenvalue weighted by Crippen LogP contribution is -2.19. The number of aryl methyl sites for hydroxylation is 2. The van der Waals surface area contributed by atoms with Gasteiger partial charge in [-0.05, 0) is 37.1 Å². The summed E-state index contributed by atoms with van der Waals surface area (Å²) in [7, 11) is 0. The molecule has 0 saturated heterocycles. The largest absolute Gasteiger partial charge is 0.324 e. The fourth-order valence-corrected chi connectivity index (χ4v) is 1.91. The van der Waals surface area contributed by atoms with Gasteiger partial charge in [0.05, 0.1) is 0 Å². The Bertz CT molecular complexity index is 542. The predicted octanol–water partition coefficient (Wildman–Crippen LogP) is 2.30. The summed E-state index contributed by atoms with van der Waals surface area (Å²) in [5.41, 5.74) is 2.97. The highest BCUT2D eigenvalue weighted by Gasteiger charge is 2.07. The minimum absolute atomic E-state index is 0.123. The number of hydrogen-bond donors (Lipinski definition) is 1. The monoisotopic (exact) mass is 308 g/mol. The number of rotatable bonds is 3. The van der Waals surface area contributed by atoms with Crippen molar-refractivity contribution in [1.29, 1.82) is 0 Å². The average Bonchev–Trinajstić information content (AvgIpc) is 2.78. The second kappa shape index (κ2) is 5.30. The van der Waals surface area contributed by atoms with Crippen molar-refractivity contribution < 1.29 is 4.79 Å². The molecular weight excluding hydrogens is 296 g/mol. The lowest BCUT2D eigenvalue weighted by molar-refractivity contribution is -0.116. The van der Waals surface area contributed by atoms with E-state index in [9.17, 15) is 4.79 Å². The molecule has 5 nitrogen and oxygen atoms in total. The van der Waals surface area contributed by atoms with Crippen molar-refractivity contribution in [3.05, 3.63) is 40.4 Å². The van der Waals surface area contributed by atoms with Crippen molar-refractivity contribution in [3.63, 3.8) is 0 Å². The van der Waals surface area contributed by atoms with Gasteiger partial charge >= 0.3 is 0 Å². The molecule has 0 aliphatic carbocycles. The van der Waals surface area contributed by atoms with Crippen LogP contribution in [0.3, 0.4) is 0 Å². The first kappa shape index (κ1) is 12.8. The molecule has 0 atom stereocenters. The number of carbonyl (C=O) groups excluding carboxylic acids is 1. The molecule has 0 aliphatic heterocycles. The average molecular weight is 309 g/mol. The van der Waals surface area contributed by atoms with Crippen LogP contribution >= 0.6 is 15.9 Å². The van der Waals surface area contributed by atoms with Gasteiger partial charge in [0.1, 0.15) is 19.2 Å². The van der Waals surface area contributed by atoms with Gasteiger partial charge < -0.3 is 5.32 Å². The third-order valence-corrected chi connectivity index (χ3v) is 3.74. The Morgan fingerprint density at radius 2 is 2.06 bits per heavy atom. The molecule has 0 unspecified atom stereocenters. The molecule has 0 aliphatic rings. The van der Waals surface area contributed by atoms with Crippen LogP contribution in [0.25, 0.3) is 0 Å². The first-order chi connectivity index (χ1) is 8.56. The van der Waals surface area contributed by atoms with Crippen LogP contribution < -0.4 is 5.32 Å². The molecule has 2 aromatic rings. The molecule has 18 heavy (non-hydrogen) atoms. The van der Waals surface area contributed by atoms with Gasteiger partial charge in [0.2, 0.25) is 5.91 Å². The summed E-state index contributed by atoms with van der Waals surface area (Å²) < 4.78 is 2.55. The van der Waals surface area contributed by atoms with E-state index in [2.05, 4.69) is 31.3 Å². The summed E-state index contributed by atoms with van der Waals surface area (Å²) in [5.74, 6) is -0.123. The summed E-state index contributed by atoms with van der Waals surface area (Å²) in [4.78, 5) is 15.6. The van der Waals surface area contributed by atoms with E-state index in [4.69, 9.17) is 0 Å². The molecule has 1 N–H and O–H groups in total. The number of amides is 1. The second-order valence-corrected chi connectivity index (χ2v) is 4.86. The van der Waals surface area contributed by atoms with Gasteiger partial charge in [0.15, 0.2) is 0 Å². The van der Waals surface area contributed by atoms with E-state index in [0.717, 1.165) is 21.3 Å². The maximum Gasteiger partial charge on any atom is 0.246 e. The quantitative estimate of drug-likeness (QED) is 0.946. The van der Waals surface area contributed by atoms with E-state index in [1.165, 1.54) is 17.3 Å². The van der Waals surface area contributed by atoms with E-state index in [-0.39, 0.29) is 12.5 Å². The molecule has 1 heterocycles. The zero-order valence-corrected chi connectivity index (χ0v) is 11.7. The van der Waals surface area contributed by atoms with Crippen molar-refractivity contribution >= 4 is 27.5 Å². The van der Waals surface area contributed by atoms with Gasteiger partial charge in [-0.1, -0.05) is 15.9 Å². The van der Waals surface area contributed by atoms with Crippen LogP contribution in [0.4, 0.5) is 5.69 Å². The predicted molar refractivity (Wildman–Crippen MR) is 72.3 cm³/mol. The maximum absolute atomic E-state index is 11.8. The highest BCUT2D eigenvalue weighted by atomic mass is 79.9. The number of benzene rings is 1. The minimum atomic E-state index is -0.123. The first-order valence-electron chi connectivity index (χ1n) is 5.45. The molecule has 1 aromatic carbocycles. The fourth-order valence-electron chi connectivity index (χ4n) is 1.68. The Kier molecular flexibility index (Phi) is 3.76. The number of nitrogens with one attached hydrogen (secondary N) is 1. The Morgan fingerprint density at radius 3 is 2.61 bits per heavy atom. The van der Waals surface area contributed by atoms with E-state index in [0.29, 0.717) is 0 Å². The van der Waals surface area contributed by atoms with Gasteiger partial charge in [0, 0.05) is 10.2 Å². The van der Waals surface area contributed by atoms with Gasteiger partial charge in [-0.2, -0.15) is 5.10 Å². The Balaban J connectivity index is 2.07. The Labute approximate surface area is 113 Å². The van der Waals surface area contributed by atoms with Gasteiger partial charge in [-0.3, -0.25) is 4.79 Å². The first-order valence-corrected chi connectivity index (χ1v) is 6.24. The van der Waals surface area contributed by atoms with E-state index in [1.54, 1.807) is 0 Å². The van der Waals surface area contributed by atoms with Crippen molar-refractivity contribution in [3.8, 4) is 0 Å². The summed E-state index contributed by atoms with van der Waals surface area (Å²) in [6.07, 6.45) is 2.92. The number of carbonyl (C=O) groups is 1. The van der Waals surface area contributed by atoms with Crippen molar-refractivity contribution in [1.82, 2.24) is 14.8 Å². The highest BCUT2D eigenvalue weighted by Crippen LogP contribution is 2.24. The number of nitrogens with zero attached hydrogens (tertiary/aromatic N) is 3. The van der Waals surface area contributed by atoms with Crippen LogP contribution in [0, 0.1) is 13.8 Å². The van der Waals surface area contributed by atoms with Crippen LogP contribution in [-0.4, -0.2) is 20.7 Å². The third kappa shape index (κ3) is 2.95. The van der Waals surface area contributed by atoms with Crippen LogP contribution in [0.15, 0.2) is 29.3 Å². The third-order valence-electron chi connectivity index (χ3n) is 2.49.